The highest BCUT2D eigenvalue weighted by Gasteiger charge is 2.76. The van der Waals surface area contributed by atoms with E-state index in [0.717, 1.165) is 6.42 Å². The van der Waals surface area contributed by atoms with E-state index in [4.69, 9.17) is 13.9 Å². The highest BCUT2D eigenvalue weighted by atomic mass is 28.4. The van der Waals surface area contributed by atoms with Gasteiger partial charge in [-0.3, -0.25) is 0 Å². The summed E-state index contributed by atoms with van der Waals surface area (Å²) < 4.78 is 20.2. The molecule has 0 amide bonds. The molecule has 5 atom stereocenters. The van der Waals surface area contributed by atoms with Crippen molar-refractivity contribution < 1.29 is 19.0 Å². The second-order valence-electron chi connectivity index (χ2n) is 11.0. The van der Waals surface area contributed by atoms with Gasteiger partial charge in [-0.2, -0.15) is 0 Å². The molecular formula is C26H34O4Si. The van der Waals surface area contributed by atoms with Gasteiger partial charge in [0.2, 0.25) is 0 Å². The van der Waals surface area contributed by atoms with Crippen LogP contribution in [0.25, 0.3) is 0 Å². The van der Waals surface area contributed by atoms with Gasteiger partial charge in [-0.05, 0) is 41.6 Å². The van der Waals surface area contributed by atoms with Crippen molar-refractivity contribution in [1.29, 1.82) is 0 Å². The maximum atomic E-state index is 10.3. The van der Waals surface area contributed by atoms with Crippen molar-refractivity contribution in [3.63, 3.8) is 0 Å². The number of benzene rings is 2. The van der Waals surface area contributed by atoms with Crippen molar-refractivity contribution >= 4 is 18.7 Å². The van der Waals surface area contributed by atoms with Gasteiger partial charge >= 0.3 is 0 Å². The average molecular weight is 439 g/mol. The summed E-state index contributed by atoms with van der Waals surface area (Å²) in [6, 6.07) is 21.5. The maximum Gasteiger partial charge on any atom is 0.261 e. The van der Waals surface area contributed by atoms with Crippen LogP contribution in [0.4, 0.5) is 0 Å². The first-order valence-electron chi connectivity index (χ1n) is 11.4. The minimum Gasteiger partial charge on any atom is -0.401 e. The maximum absolute atomic E-state index is 10.3. The van der Waals surface area contributed by atoms with E-state index in [0.29, 0.717) is 0 Å². The predicted octanol–water partition coefficient (Wildman–Crippen LogP) is 3.46. The molecular weight excluding hydrogens is 404 g/mol. The van der Waals surface area contributed by atoms with Gasteiger partial charge in [-0.1, -0.05) is 81.4 Å². The van der Waals surface area contributed by atoms with Crippen molar-refractivity contribution in [2.75, 3.05) is 6.61 Å². The summed E-state index contributed by atoms with van der Waals surface area (Å²) in [5.74, 6) is -0.386. The minimum atomic E-state index is -2.70. The molecule has 0 radical (unpaired) electrons. The number of aliphatic hydroxyl groups is 1. The lowest BCUT2D eigenvalue weighted by Gasteiger charge is -2.45. The Morgan fingerprint density at radius 1 is 0.968 bits per heavy atom. The zero-order valence-electron chi connectivity index (χ0n) is 19.2. The van der Waals surface area contributed by atoms with Crippen LogP contribution in [0.15, 0.2) is 60.7 Å². The number of fused-ring (bicyclic) bond motifs is 3. The summed E-state index contributed by atoms with van der Waals surface area (Å²) in [6.45, 7) is 11.0. The third-order valence-corrected chi connectivity index (χ3v) is 12.6. The van der Waals surface area contributed by atoms with Crippen molar-refractivity contribution in [2.45, 2.75) is 70.2 Å². The van der Waals surface area contributed by atoms with Crippen LogP contribution in [0.2, 0.25) is 5.04 Å². The first-order chi connectivity index (χ1) is 14.6. The van der Waals surface area contributed by atoms with Crippen molar-refractivity contribution in [2.24, 2.45) is 11.3 Å². The third-order valence-electron chi connectivity index (χ3n) is 7.62. The van der Waals surface area contributed by atoms with Gasteiger partial charge in [0.1, 0.15) is 6.10 Å². The van der Waals surface area contributed by atoms with E-state index in [1.54, 1.807) is 0 Å². The molecule has 5 rings (SSSR count). The van der Waals surface area contributed by atoms with Crippen LogP contribution in [0, 0.1) is 11.3 Å². The van der Waals surface area contributed by atoms with E-state index in [2.05, 4.69) is 81.4 Å². The summed E-state index contributed by atoms with van der Waals surface area (Å²) in [5, 5.41) is 12.8. The Bertz CT molecular complexity index is 899. The molecule has 3 fully saturated rings. The summed E-state index contributed by atoms with van der Waals surface area (Å²) in [4.78, 5) is 0. The number of rotatable bonds is 5. The largest absolute Gasteiger partial charge is 0.401 e. The molecule has 2 aliphatic carbocycles. The molecule has 2 aromatic rings. The summed E-state index contributed by atoms with van der Waals surface area (Å²) in [6.07, 6.45) is 0.584. The summed E-state index contributed by atoms with van der Waals surface area (Å²) in [5.41, 5.74) is -0.228. The lowest BCUT2D eigenvalue weighted by Crippen LogP contribution is -2.68. The molecule has 2 saturated carbocycles. The fourth-order valence-corrected chi connectivity index (χ4v) is 10.9. The number of aliphatic hydroxyl groups excluding tert-OH is 1. The lowest BCUT2D eigenvalue weighted by molar-refractivity contribution is -0.167. The quantitative estimate of drug-likeness (QED) is 0.727. The Morgan fingerprint density at radius 2 is 1.52 bits per heavy atom. The van der Waals surface area contributed by atoms with Gasteiger partial charge in [-0.15, -0.1) is 0 Å². The molecule has 2 aromatic carbocycles. The summed E-state index contributed by atoms with van der Waals surface area (Å²) >= 11 is 0. The van der Waals surface area contributed by atoms with Crippen LogP contribution in [-0.2, 0) is 13.9 Å². The minimum absolute atomic E-state index is 0.0924. The van der Waals surface area contributed by atoms with E-state index in [-0.39, 0.29) is 41.3 Å². The molecule has 1 heterocycles. The van der Waals surface area contributed by atoms with E-state index in [9.17, 15) is 5.11 Å². The zero-order chi connectivity index (χ0) is 22.1. The normalized spacial score (nSPS) is 33.7. The molecule has 3 aliphatic rings. The number of hydrogen-bond donors (Lipinski definition) is 1. The van der Waals surface area contributed by atoms with E-state index >= 15 is 0 Å². The van der Waals surface area contributed by atoms with Gasteiger partial charge in [0.25, 0.3) is 8.32 Å². The van der Waals surface area contributed by atoms with Gasteiger partial charge < -0.3 is 19.0 Å². The summed E-state index contributed by atoms with van der Waals surface area (Å²) in [7, 11) is -2.70. The molecule has 1 saturated heterocycles. The van der Waals surface area contributed by atoms with Crippen LogP contribution < -0.4 is 10.4 Å². The molecule has 0 aromatic heterocycles. The first kappa shape index (κ1) is 21.3. The first-order valence-corrected chi connectivity index (χ1v) is 13.3. The van der Waals surface area contributed by atoms with Crippen molar-refractivity contribution in [1.82, 2.24) is 0 Å². The van der Waals surface area contributed by atoms with Gasteiger partial charge in [0.05, 0.1) is 18.8 Å². The molecule has 0 bridgehead atoms. The van der Waals surface area contributed by atoms with E-state index in [1.807, 2.05) is 13.8 Å². The monoisotopic (exact) mass is 438 g/mol. The fraction of sp³-hybridized carbons (Fsp3) is 0.538. The van der Waals surface area contributed by atoms with Crippen molar-refractivity contribution in [3.8, 4) is 0 Å². The highest BCUT2D eigenvalue weighted by molar-refractivity contribution is 6.99. The molecule has 31 heavy (non-hydrogen) atoms. The van der Waals surface area contributed by atoms with Gasteiger partial charge in [-0.25, -0.2) is 0 Å². The Kier molecular flexibility index (Phi) is 4.82. The Labute approximate surface area is 186 Å². The smallest absolute Gasteiger partial charge is 0.261 e. The predicted molar refractivity (Wildman–Crippen MR) is 124 cm³/mol. The average Bonchev–Trinajstić information content (AvgIpc) is 3.31. The molecule has 5 heteroatoms. The van der Waals surface area contributed by atoms with Crippen LogP contribution >= 0.6 is 0 Å². The Hall–Kier alpha value is -1.50. The number of ether oxygens (including phenoxy) is 2. The third kappa shape index (κ3) is 3.09. The SMILES string of the molecule is CC1(C)O[C@H]2[C@@H](O[Si](c3ccccc3)(c3ccccc3)C(C)(C)C)[C@H]3C[C@]3(CO)[C@H]2O1. The van der Waals surface area contributed by atoms with Gasteiger partial charge in [0.15, 0.2) is 5.79 Å². The molecule has 0 unspecified atom stereocenters. The zero-order valence-corrected chi connectivity index (χ0v) is 20.2. The molecule has 1 aliphatic heterocycles. The van der Waals surface area contributed by atoms with E-state index in [1.165, 1.54) is 10.4 Å². The molecule has 166 valence electrons. The molecule has 0 spiro atoms. The van der Waals surface area contributed by atoms with Crippen LogP contribution in [0.5, 0.6) is 0 Å². The Balaban J connectivity index is 1.64. The van der Waals surface area contributed by atoms with Crippen LogP contribution in [0.1, 0.15) is 41.0 Å². The fourth-order valence-electron chi connectivity index (χ4n) is 6.14. The van der Waals surface area contributed by atoms with E-state index < -0.39 is 14.1 Å². The second-order valence-corrected chi connectivity index (χ2v) is 15.2. The van der Waals surface area contributed by atoms with Crippen LogP contribution in [0.3, 0.4) is 0 Å². The molecule has 4 nitrogen and oxygen atoms in total. The second kappa shape index (κ2) is 7.00. The highest BCUT2D eigenvalue weighted by Crippen LogP contribution is 2.68. The van der Waals surface area contributed by atoms with Crippen molar-refractivity contribution in [3.05, 3.63) is 60.7 Å². The standard InChI is InChI=1S/C26H34O4Si/c1-24(2,3)31(18-12-8-6-9-13-18,19-14-10-7-11-15-19)30-21-20-16-26(20,17-27)23-22(21)28-25(4,5)29-23/h6-15,20-23,27H,16-17H2,1-5H3/t20-,21+,22+,23+,26-/m1/s1. The molecule has 1 N–H and O–H groups in total. The van der Waals surface area contributed by atoms with Crippen LogP contribution in [-0.4, -0.2) is 44.1 Å². The topological polar surface area (TPSA) is 47.9 Å². The lowest BCUT2D eigenvalue weighted by atomic mass is 10.0. The number of hydrogen-bond acceptors (Lipinski definition) is 4. The Morgan fingerprint density at radius 3 is 2.00 bits per heavy atom. The van der Waals surface area contributed by atoms with Gasteiger partial charge in [0, 0.05) is 5.41 Å².